The minimum absolute atomic E-state index is 0.175. The van der Waals surface area contributed by atoms with Crippen LogP contribution >= 0.6 is 0 Å². The van der Waals surface area contributed by atoms with Crippen LogP contribution < -0.4 is 0 Å². The maximum atomic E-state index is 9.95. The SMILES string of the molecule is Cc1cc(-c2noc(-c3cncc4c3CCC(C)(C)C4)n2)cc2c1CC(CC(O)CO)C(C)C2. The van der Waals surface area contributed by atoms with Crippen molar-refractivity contribution < 1.29 is 14.7 Å². The normalized spacial score (nSPS) is 22.2. The summed E-state index contributed by atoms with van der Waals surface area (Å²) in [5.74, 6) is 1.97. The topological polar surface area (TPSA) is 92.3 Å². The lowest BCUT2D eigenvalue weighted by Crippen LogP contribution is -2.29. The molecule has 0 spiro atoms. The number of nitrogens with zero attached hydrogens (tertiary/aromatic N) is 3. The minimum atomic E-state index is -0.643. The van der Waals surface area contributed by atoms with E-state index in [1.54, 1.807) is 0 Å². The van der Waals surface area contributed by atoms with Crippen LogP contribution in [0.3, 0.4) is 0 Å². The van der Waals surface area contributed by atoms with E-state index < -0.39 is 6.10 Å². The van der Waals surface area contributed by atoms with E-state index in [0.717, 1.165) is 43.2 Å². The van der Waals surface area contributed by atoms with Gasteiger partial charge in [0.2, 0.25) is 5.82 Å². The molecular formula is C28H35N3O3. The Morgan fingerprint density at radius 3 is 2.76 bits per heavy atom. The molecule has 180 valence electrons. The fraction of sp³-hybridized carbons (Fsp3) is 0.536. The summed E-state index contributed by atoms with van der Waals surface area (Å²) >= 11 is 0. The third-order valence-corrected chi connectivity index (χ3v) is 7.95. The Kier molecular flexibility index (Phi) is 6.07. The number of hydrogen-bond acceptors (Lipinski definition) is 6. The van der Waals surface area contributed by atoms with Crippen molar-refractivity contribution in [2.45, 2.75) is 72.3 Å². The average Bonchev–Trinajstić information content (AvgIpc) is 3.28. The van der Waals surface area contributed by atoms with Gasteiger partial charge in [-0.15, -0.1) is 0 Å². The highest BCUT2D eigenvalue weighted by molar-refractivity contribution is 5.65. The van der Waals surface area contributed by atoms with Crippen molar-refractivity contribution in [2.24, 2.45) is 17.3 Å². The maximum Gasteiger partial charge on any atom is 0.260 e. The second kappa shape index (κ2) is 8.90. The van der Waals surface area contributed by atoms with Crippen molar-refractivity contribution in [3.8, 4) is 22.8 Å². The number of aromatic nitrogens is 3. The van der Waals surface area contributed by atoms with Gasteiger partial charge >= 0.3 is 0 Å². The molecule has 0 amide bonds. The Labute approximate surface area is 201 Å². The van der Waals surface area contributed by atoms with Crippen molar-refractivity contribution >= 4 is 0 Å². The molecular weight excluding hydrogens is 426 g/mol. The minimum Gasteiger partial charge on any atom is -0.394 e. The van der Waals surface area contributed by atoms with Gasteiger partial charge in [0.25, 0.3) is 5.89 Å². The molecule has 2 aliphatic rings. The van der Waals surface area contributed by atoms with E-state index in [9.17, 15) is 10.2 Å². The molecule has 2 N–H and O–H groups in total. The van der Waals surface area contributed by atoms with Crippen LogP contribution in [0.2, 0.25) is 0 Å². The summed E-state index contributed by atoms with van der Waals surface area (Å²) in [6.07, 6.45) is 8.86. The number of fused-ring (bicyclic) bond motifs is 2. The van der Waals surface area contributed by atoms with Gasteiger partial charge in [0.05, 0.1) is 18.3 Å². The summed E-state index contributed by atoms with van der Waals surface area (Å²) in [7, 11) is 0. The largest absolute Gasteiger partial charge is 0.394 e. The molecule has 0 saturated carbocycles. The predicted molar refractivity (Wildman–Crippen MR) is 131 cm³/mol. The van der Waals surface area contributed by atoms with E-state index in [2.05, 4.69) is 50.0 Å². The number of pyridine rings is 1. The number of aliphatic hydroxyl groups excluding tert-OH is 2. The fourth-order valence-electron chi connectivity index (χ4n) is 5.89. The van der Waals surface area contributed by atoms with E-state index in [1.165, 1.54) is 27.8 Å². The second-order valence-electron chi connectivity index (χ2n) is 11.2. The van der Waals surface area contributed by atoms with Gasteiger partial charge in [-0.2, -0.15) is 4.98 Å². The first kappa shape index (κ1) is 23.2. The van der Waals surface area contributed by atoms with Crippen molar-refractivity contribution in [3.05, 3.63) is 52.3 Å². The monoisotopic (exact) mass is 461 g/mol. The van der Waals surface area contributed by atoms with Gasteiger partial charge in [-0.05, 0) is 103 Å². The zero-order chi connectivity index (χ0) is 24.0. The highest BCUT2D eigenvalue weighted by atomic mass is 16.5. The van der Waals surface area contributed by atoms with Crippen LogP contribution in [-0.2, 0) is 25.7 Å². The maximum absolute atomic E-state index is 9.95. The Morgan fingerprint density at radius 2 is 1.97 bits per heavy atom. The summed E-state index contributed by atoms with van der Waals surface area (Å²) in [6.45, 7) is 8.82. The van der Waals surface area contributed by atoms with E-state index in [1.807, 2.05) is 12.4 Å². The molecule has 5 rings (SSSR count). The lowest BCUT2D eigenvalue weighted by atomic mass is 9.73. The number of rotatable bonds is 5. The summed E-state index contributed by atoms with van der Waals surface area (Å²) in [4.78, 5) is 9.27. The molecule has 3 atom stereocenters. The van der Waals surface area contributed by atoms with Crippen LogP contribution in [0, 0.1) is 24.2 Å². The highest BCUT2D eigenvalue weighted by Gasteiger charge is 2.30. The molecule has 0 saturated heterocycles. The average molecular weight is 462 g/mol. The molecule has 0 bridgehead atoms. The lowest BCUT2D eigenvalue weighted by molar-refractivity contribution is 0.0640. The molecule has 2 aliphatic carbocycles. The Bertz CT molecular complexity index is 1200. The quantitative estimate of drug-likeness (QED) is 0.571. The van der Waals surface area contributed by atoms with Crippen molar-refractivity contribution in [1.82, 2.24) is 15.1 Å². The molecule has 3 unspecified atom stereocenters. The highest BCUT2D eigenvalue weighted by Crippen LogP contribution is 2.39. The summed E-state index contributed by atoms with van der Waals surface area (Å²) in [5, 5.41) is 23.6. The Balaban J connectivity index is 1.43. The summed E-state index contributed by atoms with van der Waals surface area (Å²) in [5.41, 5.74) is 8.69. The molecule has 6 nitrogen and oxygen atoms in total. The first-order chi connectivity index (χ1) is 16.2. The predicted octanol–water partition coefficient (Wildman–Crippen LogP) is 4.72. The standard InChI is InChI=1S/C28H35N3O3/c1-16-7-19-9-20(8-17(2)24(19)11-18(16)10-22(33)15-32)26-30-27(34-31-26)25-14-29-13-21-12-28(3,4)6-5-23(21)25/h8-9,13-14,16,18,22,32-33H,5-7,10-12,15H2,1-4H3. The van der Waals surface area contributed by atoms with Crippen molar-refractivity contribution in [3.63, 3.8) is 0 Å². The summed E-state index contributed by atoms with van der Waals surface area (Å²) < 4.78 is 5.75. The summed E-state index contributed by atoms with van der Waals surface area (Å²) in [6, 6.07) is 4.34. The first-order valence-electron chi connectivity index (χ1n) is 12.5. The molecule has 2 heterocycles. The molecule has 0 aliphatic heterocycles. The first-order valence-corrected chi connectivity index (χ1v) is 12.5. The van der Waals surface area contributed by atoms with Crippen molar-refractivity contribution in [1.29, 1.82) is 0 Å². The number of aliphatic hydroxyl groups is 2. The number of aryl methyl sites for hydroxylation is 1. The van der Waals surface area contributed by atoms with Crippen molar-refractivity contribution in [2.75, 3.05) is 6.61 Å². The van der Waals surface area contributed by atoms with Gasteiger partial charge in [0, 0.05) is 18.0 Å². The van der Waals surface area contributed by atoms with Gasteiger partial charge in [0.1, 0.15) is 0 Å². The zero-order valence-corrected chi connectivity index (χ0v) is 20.6. The van der Waals surface area contributed by atoms with Crippen LogP contribution in [0.4, 0.5) is 0 Å². The molecule has 1 aromatic carbocycles. The van der Waals surface area contributed by atoms with Gasteiger partial charge in [-0.25, -0.2) is 0 Å². The number of benzene rings is 1. The van der Waals surface area contributed by atoms with Crippen LogP contribution in [-0.4, -0.2) is 38.0 Å². The van der Waals surface area contributed by atoms with Crippen LogP contribution in [0.25, 0.3) is 22.8 Å². The molecule has 34 heavy (non-hydrogen) atoms. The van der Waals surface area contributed by atoms with E-state index in [-0.39, 0.29) is 6.61 Å². The Hall–Kier alpha value is -2.57. The van der Waals surface area contributed by atoms with Gasteiger partial charge in [-0.3, -0.25) is 4.98 Å². The number of hydrogen-bond donors (Lipinski definition) is 2. The van der Waals surface area contributed by atoms with E-state index in [0.29, 0.717) is 35.4 Å². The molecule has 3 aromatic rings. The third-order valence-electron chi connectivity index (χ3n) is 7.95. The van der Waals surface area contributed by atoms with Crippen LogP contribution in [0.1, 0.15) is 61.4 Å². The van der Waals surface area contributed by atoms with Gasteiger partial charge in [-0.1, -0.05) is 25.9 Å². The van der Waals surface area contributed by atoms with Gasteiger partial charge < -0.3 is 14.7 Å². The molecule has 0 radical (unpaired) electrons. The van der Waals surface area contributed by atoms with Crippen LogP contribution in [0.5, 0.6) is 0 Å². The smallest absolute Gasteiger partial charge is 0.260 e. The zero-order valence-electron chi connectivity index (χ0n) is 20.6. The molecule has 2 aromatic heterocycles. The Morgan fingerprint density at radius 1 is 1.15 bits per heavy atom. The molecule has 6 heteroatoms. The van der Waals surface area contributed by atoms with E-state index >= 15 is 0 Å². The van der Waals surface area contributed by atoms with Gasteiger partial charge in [0.15, 0.2) is 0 Å². The van der Waals surface area contributed by atoms with Crippen LogP contribution in [0.15, 0.2) is 29.0 Å². The molecule has 0 fully saturated rings. The lowest BCUT2D eigenvalue weighted by Gasteiger charge is -2.33. The fourth-order valence-corrected chi connectivity index (χ4v) is 5.89. The second-order valence-corrected chi connectivity index (χ2v) is 11.2. The third kappa shape index (κ3) is 4.41. The van der Waals surface area contributed by atoms with E-state index in [4.69, 9.17) is 9.51 Å².